The van der Waals surface area contributed by atoms with Crippen LogP contribution in [0.3, 0.4) is 0 Å². The van der Waals surface area contributed by atoms with E-state index in [1.807, 2.05) is 30.3 Å². The predicted octanol–water partition coefficient (Wildman–Crippen LogP) is 6.68. The fourth-order valence-corrected chi connectivity index (χ4v) is 7.49. The molecular formula is C36H37ClFN3O4S. The highest BCUT2D eigenvalue weighted by molar-refractivity contribution is 7.92. The number of carbonyl (C=O) groups is 2. The molecule has 46 heavy (non-hydrogen) atoms. The number of halogens is 2. The van der Waals surface area contributed by atoms with Crippen molar-refractivity contribution >= 4 is 39.1 Å². The Morgan fingerprint density at radius 3 is 2.20 bits per heavy atom. The molecule has 4 aromatic rings. The smallest absolute Gasteiger partial charge is 0.264 e. The monoisotopic (exact) mass is 661 g/mol. The zero-order valence-electron chi connectivity index (χ0n) is 25.6. The first-order valence-corrected chi connectivity index (χ1v) is 17.2. The fourth-order valence-electron chi connectivity index (χ4n) is 5.83. The second-order valence-corrected chi connectivity index (χ2v) is 13.8. The van der Waals surface area contributed by atoms with E-state index in [9.17, 15) is 18.0 Å². The molecule has 2 amide bonds. The summed E-state index contributed by atoms with van der Waals surface area (Å²) in [6.45, 7) is 0.795. The first-order valence-electron chi connectivity index (χ1n) is 15.3. The highest BCUT2D eigenvalue weighted by atomic mass is 35.5. The molecule has 0 aromatic heterocycles. The van der Waals surface area contributed by atoms with Gasteiger partial charge in [0.15, 0.2) is 0 Å². The van der Waals surface area contributed by atoms with E-state index in [2.05, 4.69) is 5.32 Å². The van der Waals surface area contributed by atoms with Gasteiger partial charge in [-0.2, -0.15) is 0 Å². The van der Waals surface area contributed by atoms with E-state index >= 15 is 4.39 Å². The molecule has 240 valence electrons. The Bertz CT molecular complexity index is 1770. The van der Waals surface area contributed by atoms with Crippen LogP contribution in [0.1, 0.15) is 42.4 Å². The third-order valence-corrected chi connectivity index (χ3v) is 10.6. The SMILES string of the molecule is Cc1c(Cl)cccc1N(CC(=O)N(Cc1ccccc1F)[C@@H](Cc1ccccc1)C(=O)NC1CCCC1)S(=O)(=O)c1ccccc1. The predicted molar refractivity (Wildman–Crippen MR) is 178 cm³/mol. The van der Waals surface area contributed by atoms with Crippen molar-refractivity contribution in [3.63, 3.8) is 0 Å². The summed E-state index contributed by atoms with van der Waals surface area (Å²) in [6.07, 6.45) is 3.82. The van der Waals surface area contributed by atoms with Gasteiger partial charge in [0.25, 0.3) is 10.0 Å². The molecule has 0 bridgehead atoms. The number of hydrogen-bond acceptors (Lipinski definition) is 4. The third kappa shape index (κ3) is 7.77. The van der Waals surface area contributed by atoms with Crippen LogP contribution >= 0.6 is 11.6 Å². The van der Waals surface area contributed by atoms with Gasteiger partial charge in [0.2, 0.25) is 11.8 Å². The summed E-state index contributed by atoms with van der Waals surface area (Å²) in [4.78, 5) is 29.9. The van der Waals surface area contributed by atoms with Crippen molar-refractivity contribution in [1.82, 2.24) is 10.2 Å². The molecule has 1 saturated carbocycles. The van der Waals surface area contributed by atoms with Crippen LogP contribution < -0.4 is 9.62 Å². The zero-order chi connectivity index (χ0) is 32.7. The van der Waals surface area contributed by atoms with Crippen molar-refractivity contribution in [1.29, 1.82) is 0 Å². The molecule has 1 fully saturated rings. The van der Waals surface area contributed by atoms with Crippen molar-refractivity contribution in [3.05, 3.63) is 131 Å². The normalized spacial score (nSPS) is 14.1. The van der Waals surface area contributed by atoms with Crippen LogP contribution in [0.4, 0.5) is 10.1 Å². The molecule has 0 spiro atoms. The van der Waals surface area contributed by atoms with Gasteiger partial charge in [-0.3, -0.25) is 13.9 Å². The second kappa shape index (κ2) is 14.9. The van der Waals surface area contributed by atoms with Crippen molar-refractivity contribution in [2.75, 3.05) is 10.8 Å². The molecule has 0 unspecified atom stereocenters. The van der Waals surface area contributed by atoms with E-state index in [4.69, 9.17) is 11.6 Å². The van der Waals surface area contributed by atoms with Crippen molar-refractivity contribution in [2.24, 2.45) is 0 Å². The Morgan fingerprint density at radius 2 is 1.52 bits per heavy atom. The lowest BCUT2D eigenvalue weighted by Gasteiger charge is -2.34. The standard InChI is InChI=1S/C36H37ClFN3O4S/c1-26-31(37)20-12-22-33(26)41(46(44,45)30-18-6-3-7-19-30)25-35(42)40(24-28-15-8-11-21-32(28)38)34(23-27-13-4-2-5-14-27)36(43)39-29-16-9-10-17-29/h2-8,11-15,18-22,29,34H,9-10,16-17,23-25H2,1H3,(H,39,43)/t34-/m0/s1. The van der Waals surface area contributed by atoms with Crippen LogP contribution in [0.15, 0.2) is 108 Å². The topological polar surface area (TPSA) is 86.8 Å². The minimum atomic E-state index is -4.27. The first-order chi connectivity index (χ1) is 22.1. The highest BCUT2D eigenvalue weighted by Crippen LogP contribution is 2.31. The maximum atomic E-state index is 15.1. The minimum Gasteiger partial charge on any atom is -0.352 e. The Morgan fingerprint density at radius 1 is 0.891 bits per heavy atom. The number of nitrogens with zero attached hydrogens (tertiary/aromatic N) is 2. The molecule has 1 aliphatic rings. The van der Waals surface area contributed by atoms with Crippen molar-refractivity contribution < 1.29 is 22.4 Å². The molecule has 1 N–H and O–H groups in total. The Balaban J connectivity index is 1.59. The largest absolute Gasteiger partial charge is 0.352 e. The summed E-state index contributed by atoms with van der Waals surface area (Å²) in [5.74, 6) is -1.56. The van der Waals surface area contributed by atoms with Crippen LogP contribution in [-0.2, 0) is 32.6 Å². The van der Waals surface area contributed by atoms with Crippen LogP contribution in [0.5, 0.6) is 0 Å². The lowest BCUT2D eigenvalue weighted by atomic mass is 10.0. The molecule has 0 radical (unpaired) electrons. The average Bonchev–Trinajstić information content (AvgIpc) is 3.57. The number of rotatable bonds is 12. The molecule has 5 rings (SSSR count). The van der Waals surface area contributed by atoms with Gasteiger partial charge >= 0.3 is 0 Å². The number of sulfonamides is 1. The minimum absolute atomic E-state index is 0.0114. The number of anilines is 1. The maximum Gasteiger partial charge on any atom is 0.264 e. The van der Waals surface area contributed by atoms with Crippen LogP contribution in [0.2, 0.25) is 5.02 Å². The molecule has 4 aromatic carbocycles. The van der Waals surface area contributed by atoms with Gasteiger partial charge in [-0.25, -0.2) is 12.8 Å². The Labute approximate surface area is 275 Å². The summed E-state index contributed by atoms with van der Waals surface area (Å²) in [7, 11) is -4.27. The van der Waals surface area contributed by atoms with Crippen molar-refractivity contribution in [3.8, 4) is 0 Å². The van der Waals surface area contributed by atoms with Gasteiger partial charge in [0, 0.05) is 29.6 Å². The fraction of sp³-hybridized carbons (Fsp3) is 0.278. The van der Waals surface area contributed by atoms with E-state index in [1.54, 1.807) is 61.5 Å². The highest BCUT2D eigenvalue weighted by Gasteiger charge is 2.36. The number of carbonyl (C=O) groups excluding carboxylic acids is 2. The molecule has 0 saturated heterocycles. The van der Waals surface area contributed by atoms with Gasteiger partial charge in [-0.15, -0.1) is 0 Å². The summed E-state index contributed by atoms with van der Waals surface area (Å²) in [6, 6.07) is 26.9. The molecule has 0 aliphatic heterocycles. The summed E-state index contributed by atoms with van der Waals surface area (Å²) < 4.78 is 44.5. The summed E-state index contributed by atoms with van der Waals surface area (Å²) in [5, 5.41) is 3.45. The summed E-state index contributed by atoms with van der Waals surface area (Å²) in [5.41, 5.74) is 1.71. The lowest BCUT2D eigenvalue weighted by Crippen LogP contribution is -2.54. The molecule has 1 aliphatic carbocycles. The van der Waals surface area contributed by atoms with Gasteiger partial charge in [0.1, 0.15) is 18.4 Å². The average molecular weight is 662 g/mol. The molecule has 0 heterocycles. The van der Waals surface area contributed by atoms with E-state index in [0.717, 1.165) is 35.6 Å². The molecule has 10 heteroatoms. The van der Waals surface area contributed by atoms with Gasteiger partial charge in [0.05, 0.1) is 10.6 Å². The van der Waals surface area contributed by atoms with E-state index in [1.165, 1.54) is 23.1 Å². The number of benzene rings is 4. The quantitative estimate of drug-likeness (QED) is 0.184. The van der Waals surface area contributed by atoms with E-state index < -0.39 is 34.3 Å². The van der Waals surface area contributed by atoms with E-state index in [0.29, 0.717) is 10.6 Å². The lowest BCUT2D eigenvalue weighted by molar-refractivity contribution is -0.140. The first kappa shape index (κ1) is 33.2. The van der Waals surface area contributed by atoms with Crippen LogP contribution in [-0.4, -0.2) is 43.8 Å². The molecule has 7 nitrogen and oxygen atoms in total. The molecule has 1 atom stereocenters. The van der Waals surface area contributed by atoms with E-state index in [-0.39, 0.29) is 41.1 Å². The zero-order valence-corrected chi connectivity index (χ0v) is 27.2. The second-order valence-electron chi connectivity index (χ2n) is 11.5. The Kier molecular flexibility index (Phi) is 10.8. The third-order valence-electron chi connectivity index (χ3n) is 8.39. The van der Waals surface area contributed by atoms with Crippen LogP contribution in [0.25, 0.3) is 0 Å². The van der Waals surface area contributed by atoms with Gasteiger partial charge < -0.3 is 10.2 Å². The van der Waals surface area contributed by atoms with Crippen LogP contribution in [0, 0.1) is 12.7 Å². The number of nitrogens with one attached hydrogen (secondary N) is 1. The Hall–Kier alpha value is -4.21. The van der Waals surface area contributed by atoms with Gasteiger partial charge in [-0.1, -0.05) is 97.2 Å². The number of amides is 2. The molecular weight excluding hydrogens is 625 g/mol. The van der Waals surface area contributed by atoms with Gasteiger partial charge in [-0.05, 0) is 61.2 Å². The summed E-state index contributed by atoms with van der Waals surface area (Å²) >= 11 is 6.43. The maximum absolute atomic E-state index is 15.1. The van der Waals surface area contributed by atoms with Crippen molar-refractivity contribution in [2.45, 2.75) is 62.6 Å². The number of hydrogen-bond donors (Lipinski definition) is 1.